The first-order valence-corrected chi connectivity index (χ1v) is 7.09. The van der Waals surface area contributed by atoms with E-state index in [4.69, 9.17) is 9.47 Å². The summed E-state index contributed by atoms with van der Waals surface area (Å²) in [5.74, 6) is 0.0886. The van der Waals surface area contributed by atoms with Crippen LogP contribution in [0.1, 0.15) is 54.9 Å². The van der Waals surface area contributed by atoms with Gasteiger partial charge in [-0.1, -0.05) is 13.8 Å². The van der Waals surface area contributed by atoms with Gasteiger partial charge in [-0.15, -0.1) is 0 Å². The quantitative estimate of drug-likeness (QED) is 0.692. The van der Waals surface area contributed by atoms with Crippen LogP contribution >= 0.6 is 0 Å². The van der Waals surface area contributed by atoms with E-state index in [9.17, 15) is 4.79 Å². The zero-order valence-electron chi connectivity index (χ0n) is 13.6. The minimum atomic E-state index is -0.228. The van der Waals surface area contributed by atoms with Crippen LogP contribution < -0.4 is 5.32 Å². The molecule has 0 saturated carbocycles. The number of hydrogen-bond donors (Lipinski definition) is 1. The average molecular weight is 273 g/mol. The van der Waals surface area contributed by atoms with Gasteiger partial charge in [-0.2, -0.15) is 0 Å². The van der Waals surface area contributed by atoms with Crippen molar-refractivity contribution in [3.05, 3.63) is 0 Å². The highest BCUT2D eigenvalue weighted by Crippen LogP contribution is 2.16. The summed E-state index contributed by atoms with van der Waals surface area (Å²) in [5.41, 5.74) is -0.338. The Hall–Kier alpha value is -0.610. The number of amides is 1. The first-order valence-electron chi connectivity index (χ1n) is 7.09. The van der Waals surface area contributed by atoms with Gasteiger partial charge < -0.3 is 14.8 Å². The third-order valence-electron chi connectivity index (χ3n) is 2.66. The van der Waals surface area contributed by atoms with E-state index in [1.807, 2.05) is 48.5 Å². The summed E-state index contributed by atoms with van der Waals surface area (Å²) in [4.78, 5) is 11.4. The predicted molar refractivity (Wildman–Crippen MR) is 78.2 cm³/mol. The third kappa shape index (κ3) is 11.0. The van der Waals surface area contributed by atoms with Crippen molar-refractivity contribution in [1.29, 1.82) is 0 Å². The Morgan fingerprint density at radius 1 is 1.05 bits per heavy atom. The maximum atomic E-state index is 11.4. The maximum Gasteiger partial charge on any atom is 0.222 e. The molecule has 0 spiro atoms. The van der Waals surface area contributed by atoms with Gasteiger partial charge in [-0.05, 0) is 41.0 Å². The number of hydrogen-bond acceptors (Lipinski definition) is 3. The molecular formula is C15H31NO3. The summed E-state index contributed by atoms with van der Waals surface area (Å²) >= 11 is 0. The molecule has 0 bridgehead atoms. The van der Waals surface area contributed by atoms with Crippen molar-refractivity contribution in [2.24, 2.45) is 5.92 Å². The van der Waals surface area contributed by atoms with Crippen LogP contribution in [0.5, 0.6) is 0 Å². The second kappa shape index (κ2) is 7.85. The minimum absolute atomic E-state index is 0.0215. The molecule has 0 aromatic heterocycles. The highest BCUT2D eigenvalue weighted by molar-refractivity contribution is 5.77. The molecule has 1 amide bonds. The molecule has 0 atom stereocenters. The predicted octanol–water partition coefficient (Wildman–Crippen LogP) is 2.76. The molecule has 0 rings (SSSR count). The van der Waals surface area contributed by atoms with E-state index in [0.29, 0.717) is 19.8 Å². The normalized spacial score (nSPS) is 12.8. The van der Waals surface area contributed by atoms with Crippen molar-refractivity contribution in [3.63, 3.8) is 0 Å². The van der Waals surface area contributed by atoms with Gasteiger partial charge in [0.05, 0.1) is 17.8 Å². The Morgan fingerprint density at radius 2 is 1.63 bits per heavy atom. The van der Waals surface area contributed by atoms with E-state index in [1.54, 1.807) is 0 Å². The Morgan fingerprint density at radius 3 is 2.11 bits per heavy atom. The van der Waals surface area contributed by atoms with Crippen molar-refractivity contribution < 1.29 is 14.3 Å². The largest absolute Gasteiger partial charge is 0.376 e. The molecular weight excluding hydrogens is 242 g/mol. The van der Waals surface area contributed by atoms with Gasteiger partial charge in [-0.3, -0.25) is 4.79 Å². The second-order valence-corrected chi connectivity index (χ2v) is 6.76. The summed E-state index contributed by atoms with van der Waals surface area (Å²) in [7, 11) is 0. The van der Waals surface area contributed by atoms with Crippen LogP contribution in [-0.2, 0) is 14.3 Å². The highest BCUT2D eigenvalue weighted by Gasteiger charge is 2.20. The fourth-order valence-corrected chi connectivity index (χ4v) is 1.38. The van der Waals surface area contributed by atoms with Crippen molar-refractivity contribution in [2.45, 2.75) is 66.1 Å². The topological polar surface area (TPSA) is 47.6 Å². The van der Waals surface area contributed by atoms with Gasteiger partial charge in [-0.25, -0.2) is 0 Å². The molecule has 0 fully saturated rings. The Labute approximate surface area is 118 Å². The van der Waals surface area contributed by atoms with Crippen LogP contribution in [-0.4, -0.2) is 36.9 Å². The monoisotopic (exact) mass is 273 g/mol. The van der Waals surface area contributed by atoms with E-state index >= 15 is 0 Å². The molecule has 1 N–H and O–H groups in total. The molecule has 4 nitrogen and oxygen atoms in total. The van der Waals surface area contributed by atoms with Crippen molar-refractivity contribution >= 4 is 5.91 Å². The Kier molecular flexibility index (Phi) is 7.60. The molecule has 0 radical (unpaired) electrons. The zero-order chi connectivity index (χ0) is 15.1. The third-order valence-corrected chi connectivity index (χ3v) is 2.66. The number of rotatable bonds is 8. The molecule has 0 aromatic carbocycles. The molecule has 0 unspecified atom stereocenters. The summed E-state index contributed by atoms with van der Waals surface area (Å²) in [6.07, 6.45) is 0.836. The first-order chi connectivity index (χ1) is 8.53. The molecule has 0 aliphatic heterocycles. The van der Waals surface area contributed by atoms with Gasteiger partial charge in [0.2, 0.25) is 5.91 Å². The molecule has 19 heavy (non-hydrogen) atoms. The number of ether oxygens (including phenoxy) is 2. The summed E-state index contributed by atoms with van der Waals surface area (Å²) < 4.78 is 11.5. The minimum Gasteiger partial charge on any atom is -0.376 e. The Bertz CT molecular complexity index is 267. The van der Waals surface area contributed by atoms with E-state index in [-0.39, 0.29) is 23.0 Å². The SMILES string of the molecule is CC(C)C(=O)NCCOC(C)(C)CCOC(C)(C)C. The standard InChI is InChI=1S/C15H31NO3/c1-12(2)13(17)16-9-11-19-15(6,7)8-10-18-14(3,4)5/h12H,8-11H2,1-7H3,(H,16,17). The maximum absolute atomic E-state index is 11.4. The van der Waals surface area contributed by atoms with Gasteiger partial charge >= 0.3 is 0 Å². The van der Waals surface area contributed by atoms with E-state index < -0.39 is 0 Å². The number of nitrogens with one attached hydrogen (secondary N) is 1. The molecule has 0 saturated heterocycles. The van der Waals surface area contributed by atoms with Crippen LogP contribution in [0.4, 0.5) is 0 Å². The van der Waals surface area contributed by atoms with Crippen LogP contribution in [0, 0.1) is 5.92 Å². The highest BCUT2D eigenvalue weighted by atomic mass is 16.5. The molecule has 0 heterocycles. The van der Waals surface area contributed by atoms with Gasteiger partial charge in [0, 0.05) is 19.1 Å². The summed E-state index contributed by atoms with van der Waals surface area (Å²) in [6, 6.07) is 0. The van der Waals surface area contributed by atoms with Crippen molar-refractivity contribution in [2.75, 3.05) is 19.8 Å². The van der Waals surface area contributed by atoms with Crippen molar-refractivity contribution in [1.82, 2.24) is 5.32 Å². The first kappa shape index (κ1) is 18.4. The van der Waals surface area contributed by atoms with Crippen LogP contribution in [0.15, 0.2) is 0 Å². The lowest BCUT2D eigenvalue weighted by Gasteiger charge is -2.28. The van der Waals surface area contributed by atoms with Crippen LogP contribution in [0.3, 0.4) is 0 Å². The molecule has 0 aromatic rings. The number of carbonyl (C=O) groups excluding carboxylic acids is 1. The fraction of sp³-hybridized carbons (Fsp3) is 0.933. The van der Waals surface area contributed by atoms with Gasteiger partial charge in [0.15, 0.2) is 0 Å². The molecule has 114 valence electrons. The van der Waals surface area contributed by atoms with Gasteiger partial charge in [0.1, 0.15) is 0 Å². The second-order valence-electron chi connectivity index (χ2n) is 6.76. The summed E-state index contributed by atoms with van der Waals surface area (Å²) in [5, 5.41) is 2.84. The van der Waals surface area contributed by atoms with E-state index in [0.717, 1.165) is 6.42 Å². The molecule has 0 aliphatic rings. The van der Waals surface area contributed by atoms with Crippen LogP contribution in [0.25, 0.3) is 0 Å². The lowest BCUT2D eigenvalue weighted by Crippen LogP contribution is -2.35. The zero-order valence-corrected chi connectivity index (χ0v) is 13.6. The average Bonchev–Trinajstić information content (AvgIpc) is 2.21. The lowest BCUT2D eigenvalue weighted by atomic mass is 10.1. The number of carbonyl (C=O) groups is 1. The van der Waals surface area contributed by atoms with E-state index in [2.05, 4.69) is 5.32 Å². The summed E-state index contributed by atoms with van der Waals surface area (Å²) in [6.45, 7) is 15.7. The van der Waals surface area contributed by atoms with Crippen molar-refractivity contribution in [3.8, 4) is 0 Å². The Balaban J connectivity index is 3.76. The lowest BCUT2D eigenvalue weighted by molar-refractivity contribution is -0.124. The molecule has 0 aliphatic carbocycles. The van der Waals surface area contributed by atoms with Gasteiger partial charge in [0.25, 0.3) is 0 Å². The van der Waals surface area contributed by atoms with Crippen LogP contribution in [0.2, 0.25) is 0 Å². The van der Waals surface area contributed by atoms with E-state index in [1.165, 1.54) is 0 Å². The fourth-order valence-electron chi connectivity index (χ4n) is 1.38. The molecule has 4 heteroatoms. The smallest absolute Gasteiger partial charge is 0.222 e.